The normalized spacial score (nSPS) is 10.3. The van der Waals surface area contributed by atoms with E-state index in [0.29, 0.717) is 39.8 Å². The second-order valence-electron chi connectivity index (χ2n) is 7.25. The Morgan fingerprint density at radius 3 is 1.88 bits per heavy atom. The molecule has 0 fully saturated rings. The Hall–Kier alpha value is -3.32. The second kappa shape index (κ2) is 12.1. The minimum atomic E-state index is -0.0635. The van der Waals surface area contributed by atoms with Crippen molar-refractivity contribution in [1.82, 2.24) is 10.3 Å². The van der Waals surface area contributed by atoms with Gasteiger partial charge in [-0.05, 0) is 50.7 Å². The number of carbonyl (C=O) groups is 1. The van der Waals surface area contributed by atoms with E-state index in [-0.39, 0.29) is 5.78 Å². The Balaban J connectivity index is 0.000000696. The van der Waals surface area contributed by atoms with Gasteiger partial charge < -0.3 is 24.3 Å². The summed E-state index contributed by atoms with van der Waals surface area (Å²) in [5, 5.41) is 3.90. The zero-order chi connectivity index (χ0) is 24.5. The molecule has 0 aliphatic carbocycles. The van der Waals surface area contributed by atoms with E-state index in [9.17, 15) is 4.79 Å². The molecule has 0 unspecified atom stereocenters. The highest BCUT2D eigenvalue weighted by atomic mass is 16.5. The fourth-order valence-electron chi connectivity index (χ4n) is 3.69. The third-order valence-corrected chi connectivity index (χ3v) is 5.20. The maximum absolute atomic E-state index is 12.5. The first-order valence-corrected chi connectivity index (χ1v) is 10.9. The molecule has 1 N–H and O–H groups in total. The van der Waals surface area contributed by atoms with Crippen LogP contribution in [-0.4, -0.2) is 52.3 Å². The summed E-state index contributed by atoms with van der Waals surface area (Å²) < 4.78 is 21.7. The molecule has 0 aliphatic rings. The summed E-state index contributed by atoms with van der Waals surface area (Å²) in [4.78, 5) is 17.1. The molecule has 0 spiro atoms. The number of carbonyl (C=O) groups excluding carboxylic acids is 1. The molecule has 0 radical (unpaired) electrons. The van der Waals surface area contributed by atoms with Gasteiger partial charge in [-0.15, -0.1) is 0 Å². The highest BCUT2D eigenvalue weighted by Crippen LogP contribution is 2.41. The van der Waals surface area contributed by atoms with Gasteiger partial charge >= 0.3 is 0 Å². The molecular weight excluding hydrogens is 420 g/mol. The number of pyridine rings is 1. The summed E-state index contributed by atoms with van der Waals surface area (Å²) in [5.41, 5.74) is 3.52. The van der Waals surface area contributed by atoms with Gasteiger partial charge in [0.25, 0.3) is 0 Å². The molecule has 0 amide bonds. The molecule has 7 heteroatoms. The Bertz CT molecular complexity index is 1110. The Morgan fingerprint density at radius 1 is 0.848 bits per heavy atom. The number of ether oxygens (including phenoxy) is 4. The average molecular weight is 455 g/mol. The van der Waals surface area contributed by atoms with E-state index in [2.05, 4.69) is 24.1 Å². The van der Waals surface area contributed by atoms with Crippen LogP contribution in [0.3, 0.4) is 0 Å². The summed E-state index contributed by atoms with van der Waals surface area (Å²) in [6.45, 7) is 9.76. The molecule has 3 aromatic rings. The molecule has 0 aliphatic heterocycles. The maximum atomic E-state index is 12.5. The third kappa shape index (κ3) is 5.73. The van der Waals surface area contributed by atoms with Crippen LogP contribution in [0.2, 0.25) is 0 Å². The van der Waals surface area contributed by atoms with Crippen molar-refractivity contribution in [2.75, 3.05) is 41.5 Å². The van der Waals surface area contributed by atoms with Gasteiger partial charge in [-0.25, -0.2) is 0 Å². The van der Waals surface area contributed by atoms with Gasteiger partial charge in [0.1, 0.15) is 0 Å². The van der Waals surface area contributed by atoms with Crippen molar-refractivity contribution in [3.63, 3.8) is 0 Å². The van der Waals surface area contributed by atoms with Crippen molar-refractivity contribution < 1.29 is 23.7 Å². The molecule has 0 atom stereocenters. The zero-order valence-electron chi connectivity index (χ0n) is 20.8. The van der Waals surface area contributed by atoms with Crippen LogP contribution in [0.5, 0.6) is 23.0 Å². The van der Waals surface area contributed by atoms with Gasteiger partial charge in [-0.3, -0.25) is 9.78 Å². The summed E-state index contributed by atoms with van der Waals surface area (Å²) in [6, 6.07) is 9.24. The fourth-order valence-corrected chi connectivity index (χ4v) is 3.69. The van der Waals surface area contributed by atoms with E-state index in [1.807, 2.05) is 37.3 Å². The van der Waals surface area contributed by atoms with Crippen LogP contribution in [0.15, 0.2) is 30.3 Å². The minimum absolute atomic E-state index is 0.0635. The Kier molecular flexibility index (Phi) is 9.48. The molecule has 178 valence electrons. The molecule has 7 nitrogen and oxygen atoms in total. The SMILES string of the molecule is CCNCC.COc1ccc(-c2c(C(C)=O)c(C)nc3cc(OC)c(OC)cc23)cc1OC. The van der Waals surface area contributed by atoms with E-state index >= 15 is 0 Å². The highest BCUT2D eigenvalue weighted by molar-refractivity contribution is 6.10. The monoisotopic (exact) mass is 454 g/mol. The molecule has 2 aromatic carbocycles. The lowest BCUT2D eigenvalue weighted by Crippen LogP contribution is -2.09. The molecular formula is C26H34N2O5. The quantitative estimate of drug-likeness (QED) is 0.477. The van der Waals surface area contributed by atoms with Crippen molar-refractivity contribution in [3.05, 3.63) is 41.6 Å². The summed E-state index contributed by atoms with van der Waals surface area (Å²) >= 11 is 0. The van der Waals surface area contributed by atoms with E-state index in [0.717, 1.165) is 29.6 Å². The average Bonchev–Trinajstić information content (AvgIpc) is 2.82. The number of hydrogen-bond donors (Lipinski definition) is 1. The number of Topliss-reactive ketones (excluding diaryl/α,β-unsaturated/α-hetero) is 1. The predicted octanol–water partition coefficient (Wildman–Crippen LogP) is 5.06. The first-order chi connectivity index (χ1) is 15.9. The Morgan fingerprint density at radius 2 is 1.39 bits per heavy atom. The number of aryl methyl sites for hydroxylation is 1. The van der Waals surface area contributed by atoms with Gasteiger partial charge in [0.15, 0.2) is 28.8 Å². The molecule has 0 saturated heterocycles. The highest BCUT2D eigenvalue weighted by Gasteiger charge is 2.21. The van der Waals surface area contributed by atoms with Gasteiger partial charge in [-0.2, -0.15) is 0 Å². The van der Waals surface area contributed by atoms with Gasteiger partial charge in [0.05, 0.1) is 34.0 Å². The van der Waals surface area contributed by atoms with Crippen LogP contribution in [0.25, 0.3) is 22.0 Å². The predicted molar refractivity (Wildman–Crippen MR) is 132 cm³/mol. The third-order valence-electron chi connectivity index (χ3n) is 5.20. The minimum Gasteiger partial charge on any atom is -0.493 e. The number of nitrogens with zero attached hydrogens (tertiary/aromatic N) is 1. The number of nitrogens with one attached hydrogen (secondary N) is 1. The van der Waals surface area contributed by atoms with Gasteiger partial charge in [0, 0.05) is 28.3 Å². The number of hydrogen-bond acceptors (Lipinski definition) is 7. The van der Waals surface area contributed by atoms with Crippen molar-refractivity contribution in [2.45, 2.75) is 27.7 Å². The van der Waals surface area contributed by atoms with E-state index in [1.54, 1.807) is 35.4 Å². The smallest absolute Gasteiger partial charge is 0.162 e. The molecule has 1 aromatic heterocycles. The number of ketones is 1. The summed E-state index contributed by atoms with van der Waals surface area (Å²) in [6.07, 6.45) is 0. The van der Waals surface area contributed by atoms with Crippen LogP contribution in [0.1, 0.15) is 36.8 Å². The fraction of sp³-hybridized carbons (Fsp3) is 0.385. The van der Waals surface area contributed by atoms with Crippen LogP contribution in [0, 0.1) is 6.92 Å². The molecule has 1 heterocycles. The lowest BCUT2D eigenvalue weighted by atomic mass is 9.92. The Labute approximate surface area is 196 Å². The van der Waals surface area contributed by atoms with Crippen LogP contribution >= 0.6 is 0 Å². The van der Waals surface area contributed by atoms with Gasteiger partial charge in [-0.1, -0.05) is 19.9 Å². The number of fused-ring (bicyclic) bond motifs is 1. The molecule has 0 bridgehead atoms. The first-order valence-electron chi connectivity index (χ1n) is 10.9. The zero-order valence-corrected chi connectivity index (χ0v) is 20.8. The molecule has 3 rings (SSSR count). The number of aromatic nitrogens is 1. The summed E-state index contributed by atoms with van der Waals surface area (Å²) in [5.74, 6) is 2.28. The summed E-state index contributed by atoms with van der Waals surface area (Å²) in [7, 11) is 6.32. The van der Waals surface area contributed by atoms with Crippen molar-refractivity contribution >= 4 is 16.7 Å². The lowest BCUT2D eigenvalue weighted by Gasteiger charge is -2.17. The van der Waals surface area contributed by atoms with Crippen LogP contribution < -0.4 is 24.3 Å². The first kappa shape index (κ1) is 25.9. The lowest BCUT2D eigenvalue weighted by molar-refractivity contribution is 0.101. The molecule has 33 heavy (non-hydrogen) atoms. The van der Waals surface area contributed by atoms with Crippen LogP contribution in [0.4, 0.5) is 0 Å². The standard InChI is InChI=1S/C22H23NO5.C4H11N/c1-12-21(13(2)24)22(14-7-8-17(25-3)18(9-14)26-4)15-10-19(27-5)20(28-6)11-16(15)23-12;1-3-5-4-2/h7-11H,1-6H3;5H,3-4H2,1-2H3. The van der Waals surface area contributed by atoms with E-state index in [1.165, 1.54) is 0 Å². The van der Waals surface area contributed by atoms with Crippen LogP contribution in [-0.2, 0) is 0 Å². The second-order valence-corrected chi connectivity index (χ2v) is 7.25. The number of benzene rings is 2. The van der Waals surface area contributed by atoms with Gasteiger partial charge in [0.2, 0.25) is 0 Å². The number of rotatable bonds is 8. The van der Waals surface area contributed by atoms with Crippen molar-refractivity contribution in [2.24, 2.45) is 0 Å². The van der Waals surface area contributed by atoms with E-state index < -0.39 is 0 Å². The topological polar surface area (TPSA) is 78.9 Å². The maximum Gasteiger partial charge on any atom is 0.162 e. The number of methoxy groups -OCH3 is 4. The van der Waals surface area contributed by atoms with Crippen molar-refractivity contribution in [3.8, 4) is 34.1 Å². The van der Waals surface area contributed by atoms with E-state index in [4.69, 9.17) is 18.9 Å². The largest absolute Gasteiger partial charge is 0.493 e. The van der Waals surface area contributed by atoms with Crippen molar-refractivity contribution in [1.29, 1.82) is 0 Å². The molecule has 0 saturated carbocycles.